The summed E-state index contributed by atoms with van der Waals surface area (Å²) in [5.74, 6) is 1.63. The standard InChI is InChI=1S/C16H17ClN4O3/c1-2-7-18-14(22)9-19-16(24)21-11-5-6-12(13(17)8-11)15(23)20-10-3-4-10/h1,5-6,8,10H,3-4,7,9H2,(H,18,22)(H,20,23)(H2,19,21,24). The van der Waals surface area contributed by atoms with Crippen LogP contribution in [0.2, 0.25) is 5.02 Å². The van der Waals surface area contributed by atoms with Gasteiger partial charge in [0, 0.05) is 11.7 Å². The van der Waals surface area contributed by atoms with Crippen molar-refractivity contribution >= 4 is 35.1 Å². The number of halogens is 1. The molecule has 0 atom stereocenters. The summed E-state index contributed by atoms with van der Waals surface area (Å²) in [5, 5.41) is 10.4. The van der Waals surface area contributed by atoms with Gasteiger partial charge < -0.3 is 21.3 Å². The van der Waals surface area contributed by atoms with Gasteiger partial charge in [0.05, 0.1) is 23.7 Å². The van der Waals surface area contributed by atoms with Gasteiger partial charge in [-0.25, -0.2) is 4.79 Å². The van der Waals surface area contributed by atoms with Crippen LogP contribution < -0.4 is 21.3 Å². The van der Waals surface area contributed by atoms with Crippen molar-refractivity contribution < 1.29 is 14.4 Å². The van der Waals surface area contributed by atoms with E-state index in [1.165, 1.54) is 12.1 Å². The Morgan fingerprint density at radius 1 is 1.25 bits per heavy atom. The maximum Gasteiger partial charge on any atom is 0.319 e. The average Bonchev–Trinajstić information content (AvgIpc) is 3.34. The van der Waals surface area contributed by atoms with E-state index in [1.807, 2.05) is 0 Å². The first-order valence-corrected chi connectivity index (χ1v) is 7.73. The van der Waals surface area contributed by atoms with Crippen LogP contribution in [0.5, 0.6) is 0 Å². The van der Waals surface area contributed by atoms with Crippen molar-refractivity contribution in [2.45, 2.75) is 18.9 Å². The van der Waals surface area contributed by atoms with Gasteiger partial charge in [0.1, 0.15) is 0 Å². The fourth-order valence-electron chi connectivity index (χ4n) is 1.82. The van der Waals surface area contributed by atoms with Crippen molar-refractivity contribution in [3.05, 3.63) is 28.8 Å². The summed E-state index contributed by atoms with van der Waals surface area (Å²) < 4.78 is 0. The smallest absolute Gasteiger partial charge is 0.319 e. The Morgan fingerprint density at radius 3 is 2.62 bits per heavy atom. The minimum absolute atomic E-state index is 0.0993. The Bertz CT molecular complexity index is 695. The maximum atomic E-state index is 12.0. The van der Waals surface area contributed by atoms with E-state index in [0.717, 1.165) is 12.8 Å². The number of hydrogen-bond donors (Lipinski definition) is 4. The third kappa shape index (κ3) is 5.48. The highest BCUT2D eigenvalue weighted by Crippen LogP contribution is 2.23. The molecule has 1 aliphatic rings. The van der Waals surface area contributed by atoms with E-state index in [0.29, 0.717) is 11.3 Å². The molecule has 0 heterocycles. The van der Waals surface area contributed by atoms with Crippen LogP contribution in [0.4, 0.5) is 10.5 Å². The lowest BCUT2D eigenvalue weighted by molar-refractivity contribution is -0.119. The minimum atomic E-state index is -0.572. The van der Waals surface area contributed by atoms with Gasteiger partial charge in [-0.3, -0.25) is 9.59 Å². The van der Waals surface area contributed by atoms with Gasteiger partial charge in [0.25, 0.3) is 5.91 Å². The molecule has 1 fully saturated rings. The Morgan fingerprint density at radius 2 is 2.00 bits per heavy atom. The van der Waals surface area contributed by atoms with Crippen LogP contribution in [0.25, 0.3) is 0 Å². The first kappa shape index (κ1) is 17.6. The zero-order valence-corrected chi connectivity index (χ0v) is 13.6. The highest BCUT2D eigenvalue weighted by Gasteiger charge is 2.24. The van der Waals surface area contributed by atoms with Gasteiger partial charge in [-0.1, -0.05) is 17.5 Å². The summed E-state index contributed by atoms with van der Waals surface area (Å²) in [4.78, 5) is 35.0. The van der Waals surface area contributed by atoms with Gasteiger partial charge in [-0.2, -0.15) is 0 Å². The predicted octanol–water partition coefficient (Wildman–Crippen LogP) is 1.10. The van der Waals surface area contributed by atoms with Crippen LogP contribution in [0, 0.1) is 12.3 Å². The molecule has 1 aliphatic carbocycles. The van der Waals surface area contributed by atoms with Gasteiger partial charge >= 0.3 is 6.03 Å². The van der Waals surface area contributed by atoms with Gasteiger partial charge in [0.2, 0.25) is 5.91 Å². The third-order valence-electron chi connectivity index (χ3n) is 3.18. The zero-order valence-electron chi connectivity index (χ0n) is 12.8. The number of urea groups is 1. The van der Waals surface area contributed by atoms with Crippen molar-refractivity contribution in [2.75, 3.05) is 18.4 Å². The molecule has 0 spiro atoms. The number of nitrogens with one attached hydrogen (secondary N) is 4. The first-order chi connectivity index (χ1) is 11.5. The Hall–Kier alpha value is -2.72. The second-order valence-electron chi connectivity index (χ2n) is 5.23. The van der Waals surface area contributed by atoms with E-state index < -0.39 is 11.9 Å². The molecule has 24 heavy (non-hydrogen) atoms. The Kier molecular flexibility index (Phi) is 6.04. The Balaban J connectivity index is 1.84. The molecule has 1 aromatic carbocycles. The predicted molar refractivity (Wildman–Crippen MR) is 90.8 cm³/mol. The summed E-state index contributed by atoms with van der Waals surface area (Å²) in [6.07, 6.45) is 6.98. The number of terminal acetylenes is 1. The van der Waals surface area contributed by atoms with Crippen molar-refractivity contribution in [1.29, 1.82) is 0 Å². The number of anilines is 1. The maximum absolute atomic E-state index is 12.0. The molecule has 1 saturated carbocycles. The van der Waals surface area contributed by atoms with Crippen molar-refractivity contribution in [1.82, 2.24) is 16.0 Å². The van der Waals surface area contributed by atoms with E-state index in [4.69, 9.17) is 18.0 Å². The topological polar surface area (TPSA) is 99.3 Å². The van der Waals surface area contributed by atoms with Crippen molar-refractivity contribution in [3.63, 3.8) is 0 Å². The van der Waals surface area contributed by atoms with Crippen LogP contribution >= 0.6 is 11.6 Å². The molecular weight excluding hydrogens is 332 g/mol. The van der Waals surface area contributed by atoms with Crippen molar-refractivity contribution in [3.8, 4) is 12.3 Å². The highest BCUT2D eigenvalue weighted by molar-refractivity contribution is 6.34. The zero-order chi connectivity index (χ0) is 17.5. The number of rotatable bonds is 6. The van der Waals surface area contributed by atoms with Gasteiger partial charge in [0.15, 0.2) is 0 Å². The summed E-state index contributed by atoms with van der Waals surface area (Å²) in [6, 6.07) is 4.23. The largest absolute Gasteiger partial charge is 0.349 e. The monoisotopic (exact) mass is 348 g/mol. The van der Waals surface area contributed by atoms with Crippen molar-refractivity contribution in [2.24, 2.45) is 0 Å². The molecule has 0 aromatic heterocycles. The van der Waals surface area contributed by atoms with E-state index in [9.17, 15) is 14.4 Å². The van der Waals surface area contributed by atoms with E-state index >= 15 is 0 Å². The number of benzene rings is 1. The molecule has 0 bridgehead atoms. The lowest BCUT2D eigenvalue weighted by Gasteiger charge is -2.10. The minimum Gasteiger partial charge on any atom is -0.349 e. The molecule has 0 saturated heterocycles. The third-order valence-corrected chi connectivity index (χ3v) is 3.49. The summed E-state index contributed by atoms with van der Waals surface area (Å²) >= 11 is 6.08. The highest BCUT2D eigenvalue weighted by atomic mass is 35.5. The number of hydrogen-bond acceptors (Lipinski definition) is 3. The molecule has 2 rings (SSSR count). The van der Waals surface area contributed by atoms with Gasteiger partial charge in [-0.15, -0.1) is 6.42 Å². The lowest BCUT2D eigenvalue weighted by Crippen LogP contribution is -2.39. The SMILES string of the molecule is C#CCNC(=O)CNC(=O)Nc1ccc(C(=O)NC2CC2)c(Cl)c1. The number of carbonyl (C=O) groups excluding carboxylic acids is 3. The molecule has 4 amide bonds. The summed E-state index contributed by atoms with van der Waals surface area (Å²) in [6.45, 7) is -0.106. The Labute approximate surface area is 144 Å². The molecule has 7 nitrogen and oxygen atoms in total. The van der Waals surface area contributed by atoms with E-state index in [-0.39, 0.29) is 30.1 Å². The number of amides is 4. The van der Waals surface area contributed by atoms with Crippen LogP contribution in [-0.4, -0.2) is 37.0 Å². The molecule has 126 valence electrons. The molecule has 1 aromatic rings. The van der Waals surface area contributed by atoms with E-state index in [1.54, 1.807) is 6.07 Å². The quantitative estimate of drug-likeness (QED) is 0.579. The summed E-state index contributed by atoms with van der Waals surface area (Å²) in [7, 11) is 0. The molecule has 8 heteroatoms. The molecule has 0 radical (unpaired) electrons. The second-order valence-corrected chi connectivity index (χ2v) is 5.64. The molecular formula is C16H17ClN4O3. The molecule has 0 aliphatic heterocycles. The van der Waals surface area contributed by atoms with Crippen LogP contribution in [0.1, 0.15) is 23.2 Å². The van der Waals surface area contributed by atoms with Crippen LogP contribution in [0.15, 0.2) is 18.2 Å². The van der Waals surface area contributed by atoms with Crippen LogP contribution in [-0.2, 0) is 4.79 Å². The van der Waals surface area contributed by atoms with Gasteiger partial charge in [-0.05, 0) is 31.0 Å². The van der Waals surface area contributed by atoms with Crippen LogP contribution in [0.3, 0.4) is 0 Å². The van der Waals surface area contributed by atoms with E-state index in [2.05, 4.69) is 27.2 Å². The lowest BCUT2D eigenvalue weighted by atomic mass is 10.2. The fraction of sp³-hybridized carbons (Fsp3) is 0.312. The second kappa shape index (κ2) is 8.22. The number of carbonyl (C=O) groups is 3. The summed E-state index contributed by atoms with van der Waals surface area (Å²) in [5.41, 5.74) is 0.757. The fourth-order valence-corrected chi connectivity index (χ4v) is 2.08. The normalized spacial score (nSPS) is 12.7. The average molecular weight is 349 g/mol. The molecule has 4 N–H and O–H groups in total. The molecule has 0 unspecified atom stereocenters. The first-order valence-electron chi connectivity index (χ1n) is 7.35.